The Balaban J connectivity index is 0.00000253. The van der Waals surface area contributed by atoms with Crippen LogP contribution in [-0.4, -0.2) is 55.0 Å². The zero-order valence-electron chi connectivity index (χ0n) is 19.0. The molecule has 2 fully saturated rings. The minimum absolute atomic E-state index is 0. The second-order valence-electron chi connectivity index (χ2n) is 9.27. The molecule has 6 rings (SSSR count). The number of hydrogen-bond donors (Lipinski definition) is 3. The number of carboxylic acids is 1. The summed E-state index contributed by atoms with van der Waals surface area (Å²) < 4.78 is 8.75. The van der Waals surface area contributed by atoms with Crippen LogP contribution in [0.15, 0.2) is 54.7 Å². The van der Waals surface area contributed by atoms with E-state index in [0.717, 1.165) is 42.6 Å². The van der Waals surface area contributed by atoms with Crippen LogP contribution in [0.5, 0.6) is 5.75 Å². The third-order valence-corrected chi connectivity index (χ3v) is 7.28. The Kier molecular flexibility index (Phi) is 6.44. The first-order valence-electron chi connectivity index (χ1n) is 11.7. The van der Waals surface area contributed by atoms with E-state index < -0.39 is 12.0 Å². The molecule has 1 saturated heterocycles. The molecule has 1 aliphatic carbocycles. The maximum atomic E-state index is 11.5. The zero-order chi connectivity index (χ0) is 23.1. The van der Waals surface area contributed by atoms with Crippen molar-refractivity contribution in [2.45, 2.75) is 37.8 Å². The van der Waals surface area contributed by atoms with Gasteiger partial charge in [0.15, 0.2) is 0 Å². The van der Waals surface area contributed by atoms with Gasteiger partial charge in [0.05, 0.1) is 17.2 Å². The number of tetrazole rings is 1. The van der Waals surface area contributed by atoms with Gasteiger partial charge in [-0.3, -0.25) is 4.79 Å². The summed E-state index contributed by atoms with van der Waals surface area (Å²) >= 11 is 0. The third kappa shape index (κ3) is 4.49. The molecule has 1 aliphatic heterocycles. The Hall–Kier alpha value is -3.43. The fourth-order valence-corrected chi connectivity index (χ4v) is 5.52. The number of fused-ring (bicyclic) bond motifs is 2. The van der Waals surface area contributed by atoms with Crippen molar-refractivity contribution >= 4 is 29.3 Å². The lowest BCUT2D eigenvalue weighted by atomic mass is 9.72. The Bertz CT molecular complexity index is 1320. The van der Waals surface area contributed by atoms with E-state index in [-0.39, 0.29) is 18.5 Å². The highest BCUT2D eigenvalue weighted by Gasteiger charge is 2.38. The van der Waals surface area contributed by atoms with Gasteiger partial charge in [0.2, 0.25) is 5.82 Å². The predicted molar refractivity (Wildman–Crippen MR) is 133 cm³/mol. The molecule has 10 heteroatoms. The Morgan fingerprint density at radius 1 is 1.09 bits per heavy atom. The predicted octanol–water partition coefficient (Wildman–Crippen LogP) is 3.84. The molecular weight excluding hydrogens is 468 g/mol. The first-order valence-corrected chi connectivity index (χ1v) is 11.7. The summed E-state index contributed by atoms with van der Waals surface area (Å²) in [4.78, 5) is 11.5. The van der Waals surface area contributed by atoms with Crippen molar-refractivity contribution in [3.63, 3.8) is 0 Å². The van der Waals surface area contributed by atoms with Crippen molar-refractivity contribution < 1.29 is 14.6 Å². The highest BCUT2D eigenvalue weighted by atomic mass is 35.5. The van der Waals surface area contributed by atoms with E-state index in [0.29, 0.717) is 29.8 Å². The number of hydrogen-bond acceptors (Lipinski definition) is 6. The molecule has 4 atom stereocenters. The molecule has 2 aromatic carbocycles. The number of nitrogens with one attached hydrogen (secondary N) is 2. The van der Waals surface area contributed by atoms with Crippen LogP contribution in [0, 0.1) is 11.8 Å². The van der Waals surface area contributed by atoms with Gasteiger partial charge in [-0.2, -0.15) is 5.21 Å². The number of H-pyrrole nitrogens is 1. The number of halogens is 1. The third-order valence-electron chi connectivity index (χ3n) is 7.28. The van der Waals surface area contributed by atoms with Crippen molar-refractivity contribution in [3.05, 3.63) is 54.7 Å². The smallest absolute Gasteiger partial charge is 0.320 e. The van der Waals surface area contributed by atoms with Crippen LogP contribution in [0.25, 0.3) is 28.0 Å². The minimum Gasteiger partial charge on any atom is -0.490 e. The van der Waals surface area contributed by atoms with Gasteiger partial charge >= 0.3 is 5.97 Å². The lowest BCUT2D eigenvalue weighted by Crippen LogP contribution is -2.50. The number of ether oxygens (including phenoxy) is 1. The molecule has 0 spiro atoms. The average molecular weight is 495 g/mol. The maximum absolute atomic E-state index is 11.5. The van der Waals surface area contributed by atoms with Crippen LogP contribution >= 0.6 is 12.4 Å². The van der Waals surface area contributed by atoms with Crippen LogP contribution in [0.4, 0.5) is 0 Å². The topological polar surface area (TPSA) is 118 Å². The molecule has 3 heterocycles. The SMILES string of the molecule is Cl.O=C(O)[C@@H]1C[C@H]2C[C@@H](Oc3cc(-n4ccc5ccccc54)ccc3-c3nn[nH]n3)CC[C@H]2CN1. The van der Waals surface area contributed by atoms with Crippen molar-refractivity contribution in [1.82, 2.24) is 30.5 Å². The number of rotatable bonds is 5. The number of para-hydroxylation sites is 1. The fraction of sp³-hybridized carbons (Fsp3) is 0.360. The van der Waals surface area contributed by atoms with Crippen LogP contribution in [0.1, 0.15) is 25.7 Å². The Morgan fingerprint density at radius 2 is 1.97 bits per heavy atom. The Morgan fingerprint density at radius 3 is 2.80 bits per heavy atom. The zero-order valence-corrected chi connectivity index (χ0v) is 19.8. The lowest BCUT2D eigenvalue weighted by molar-refractivity contribution is -0.141. The van der Waals surface area contributed by atoms with Crippen molar-refractivity contribution in [2.75, 3.05) is 6.54 Å². The first-order chi connectivity index (χ1) is 16.7. The molecule has 2 aliphatic rings. The standard InChI is InChI=1S/C25H26N6O3.ClH/c32-25(33)21-12-17-11-19(7-5-16(17)14-26-21)34-23-13-18(6-8-20(23)24-27-29-30-28-24)31-10-9-15-3-1-2-4-22(15)31;/h1-4,6,8-10,13,16-17,19,21,26H,5,7,11-12,14H2,(H,32,33)(H,27,28,29,30);1H/t16-,17+,19-,21-;/m0./s1. The molecule has 3 N–H and O–H groups in total. The minimum atomic E-state index is -0.771. The second-order valence-corrected chi connectivity index (χ2v) is 9.27. The van der Waals surface area contributed by atoms with Crippen molar-refractivity contribution in [2.24, 2.45) is 11.8 Å². The number of carbonyl (C=O) groups is 1. The van der Waals surface area contributed by atoms with Gasteiger partial charge < -0.3 is 19.7 Å². The van der Waals surface area contributed by atoms with Crippen molar-refractivity contribution in [3.8, 4) is 22.8 Å². The van der Waals surface area contributed by atoms with Gasteiger partial charge in [-0.05, 0) is 78.9 Å². The maximum Gasteiger partial charge on any atom is 0.320 e. The number of aromatic nitrogens is 5. The number of aliphatic carboxylic acids is 1. The second kappa shape index (κ2) is 9.67. The van der Waals surface area contributed by atoms with Crippen LogP contribution in [-0.2, 0) is 4.79 Å². The first kappa shape index (κ1) is 23.3. The number of piperidine rings is 1. The quantitative estimate of drug-likeness (QED) is 0.385. The van der Waals surface area contributed by atoms with E-state index in [2.05, 4.69) is 54.9 Å². The summed E-state index contributed by atoms with van der Waals surface area (Å²) in [6, 6.07) is 15.9. The normalized spacial score (nSPS) is 23.9. The number of carboxylic acid groups (broad SMARTS) is 1. The van der Waals surface area contributed by atoms with Gasteiger partial charge in [-0.25, -0.2) is 0 Å². The molecule has 35 heavy (non-hydrogen) atoms. The lowest BCUT2D eigenvalue weighted by Gasteiger charge is -2.41. The van der Waals surface area contributed by atoms with E-state index in [1.54, 1.807) is 0 Å². The van der Waals surface area contributed by atoms with E-state index >= 15 is 0 Å². The molecule has 182 valence electrons. The van der Waals surface area contributed by atoms with Gasteiger partial charge in [0.25, 0.3) is 0 Å². The monoisotopic (exact) mass is 494 g/mol. The Labute approximate surface area is 208 Å². The van der Waals surface area contributed by atoms with E-state index in [4.69, 9.17) is 4.74 Å². The van der Waals surface area contributed by atoms with E-state index in [1.807, 2.05) is 30.3 Å². The van der Waals surface area contributed by atoms with Crippen LogP contribution in [0.3, 0.4) is 0 Å². The molecule has 0 radical (unpaired) electrons. The summed E-state index contributed by atoms with van der Waals surface area (Å²) in [6.07, 6.45) is 5.52. The largest absolute Gasteiger partial charge is 0.490 e. The highest BCUT2D eigenvalue weighted by molar-refractivity contribution is 5.85. The van der Waals surface area contributed by atoms with Crippen molar-refractivity contribution in [1.29, 1.82) is 0 Å². The van der Waals surface area contributed by atoms with E-state index in [9.17, 15) is 9.90 Å². The molecule has 4 aromatic rings. The number of benzene rings is 2. The van der Waals surface area contributed by atoms with Gasteiger partial charge in [-0.1, -0.05) is 18.2 Å². The summed E-state index contributed by atoms with van der Waals surface area (Å²) in [5.74, 6) is 1.27. The summed E-state index contributed by atoms with van der Waals surface area (Å²) in [5.41, 5.74) is 2.89. The molecule has 0 amide bonds. The van der Waals surface area contributed by atoms with Gasteiger partial charge in [0.1, 0.15) is 11.8 Å². The highest BCUT2D eigenvalue weighted by Crippen LogP contribution is 2.39. The molecule has 2 aromatic heterocycles. The van der Waals surface area contributed by atoms with Crippen LogP contribution in [0.2, 0.25) is 0 Å². The molecule has 0 bridgehead atoms. The van der Waals surface area contributed by atoms with Crippen LogP contribution < -0.4 is 10.1 Å². The number of nitrogens with zero attached hydrogens (tertiary/aromatic N) is 4. The average Bonchev–Trinajstić information content (AvgIpc) is 3.54. The molecule has 1 saturated carbocycles. The van der Waals surface area contributed by atoms with E-state index in [1.165, 1.54) is 5.39 Å². The van der Waals surface area contributed by atoms with Gasteiger partial charge in [0, 0.05) is 18.0 Å². The van der Waals surface area contributed by atoms with Gasteiger partial charge in [-0.15, -0.1) is 22.6 Å². The molecule has 9 nitrogen and oxygen atoms in total. The molecular formula is C25H27ClN6O3. The summed E-state index contributed by atoms with van der Waals surface area (Å²) in [5, 5.41) is 28.4. The molecule has 0 unspecified atom stereocenters. The summed E-state index contributed by atoms with van der Waals surface area (Å²) in [7, 11) is 0. The summed E-state index contributed by atoms with van der Waals surface area (Å²) in [6.45, 7) is 0.763. The number of aromatic amines is 1. The fourth-order valence-electron chi connectivity index (χ4n) is 5.52.